The van der Waals surface area contributed by atoms with Gasteiger partial charge in [-0.25, -0.2) is 4.79 Å². The molecule has 2 aromatic rings. The number of hydrogen-bond donors (Lipinski definition) is 1. The highest BCUT2D eigenvalue weighted by molar-refractivity contribution is 9.10. The number of benzene rings is 2. The first-order valence-electron chi connectivity index (χ1n) is 8.94. The van der Waals surface area contributed by atoms with Gasteiger partial charge >= 0.3 is 5.97 Å². The molecule has 0 unspecified atom stereocenters. The Morgan fingerprint density at radius 3 is 2.78 bits per heavy atom. The highest BCUT2D eigenvalue weighted by Gasteiger charge is 2.27. The largest absolute Gasteiger partial charge is 0.461 e. The molecule has 0 bridgehead atoms. The molecule has 1 N–H and O–H groups in total. The summed E-state index contributed by atoms with van der Waals surface area (Å²) in [6.07, 6.45) is 1.77. The number of hydrazone groups is 1. The fraction of sp³-hybridized carbons (Fsp3) is 0.286. The Kier molecular flexibility index (Phi) is 6.40. The molecule has 6 heteroatoms. The predicted octanol–water partition coefficient (Wildman–Crippen LogP) is 3.70. The molecule has 0 aromatic heterocycles. The fourth-order valence-corrected chi connectivity index (χ4v) is 3.42. The van der Waals surface area contributed by atoms with Gasteiger partial charge in [0.1, 0.15) is 11.8 Å². The third-order valence-corrected chi connectivity index (χ3v) is 4.93. The Morgan fingerprint density at radius 1 is 1.26 bits per heavy atom. The van der Waals surface area contributed by atoms with Crippen molar-refractivity contribution in [1.82, 2.24) is 5.43 Å². The minimum absolute atomic E-state index is 0.00998. The summed E-state index contributed by atoms with van der Waals surface area (Å²) in [5.41, 5.74) is 5.87. The Balaban J connectivity index is 1.77. The summed E-state index contributed by atoms with van der Waals surface area (Å²) in [5.74, 6) is -0.482. The highest BCUT2D eigenvalue weighted by atomic mass is 79.9. The normalized spacial score (nSPS) is 16.6. The molecule has 0 spiro atoms. The molecule has 1 aliphatic rings. The van der Waals surface area contributed by atoms with Crippen molar-refractivity contribution in [3.05, 3.63) is 69.7 Å². The molecule has 27 heavy (non-hydrogen) atoms. The molecule has 0 heterocycles. The molecule has 1 atom stereocenters. The Morgan fingerprint density at radius 2 is 2.04 bits per heavy atom. The zero-order valence-electron chi connectivity index (χ0n) is 15.1. The first-order valence-corrected chi connectivity index (χ1v) is 9.73. The van der Waals surface area contributed by atoms with Gasteiger partial charge in [0.15, 0.2) is 5.78 Å². The minimum atomic E-state index is -0.472. The average Bonchev–Trinajstić information content (AvgIpc) is 2.68. The number of esters is 1. The van der Waals surface area contributed by atoms with Crippen LogP contribution in [0.2, 0.25) is 0 Å². The molecular formula is C21H21BrN2O3. The van der Waals surface area contributed by atoms with Gasteiger partial charge in [-0.05, 0) is 43.0 Å². The molecule has 2 aromatic carbocycles. The van der Waals surface area contributed by atoms with Crippen molar-refractivity contribution in [2.45, 2.75) is 32.2 Å². The summed E-state index contributed by atoms with van der Waals surface area (Å²) < 4.78 is 5.98. The molecule has 140 valence electrons. The zero-order chi connectivity index (χ0) is 19.2. The summed E-state index contributed by atoms with van der Waals surface area (Å²) in [7, 11) is 0. The molecule has 0 aliphatic heterocycles. The van der Waals surface area contributed by atoms with Crippen LogP contribution in [0.5, 0.6) is 0 Å². The van der Waals surface area contributed by atoms with E-state index in [1.165, 1.54) is 0 Å². The third-order valence-electron chi connectivity index (χ3n) is 4.44. The van der Waals surface area contributed by atoms with Gasteiger partial charge in [-0.3, -0.25) is 10.2 Å². The number of carbonyl (C=O) groups excluding carboxylic acids is 2. The van der Waals surface area contributed by atoms with Gasteiger partial charge in [-0.15, -0.1) is 0 Å². The first-order chi connectivity index (χ1) is 13.1. The van der Waals surface area contributed by atoms with E-state index < -0.39 is 12.0 Å². The molecule has 0 saturated carbocycles. The maximum atomic E-state index is 12.8. The number of fused-ring (bicyclic) bond motifs is 1. The van der Waals surface area contributed by atoms with Crippen molar-refractivity contribution < 1.29 is 14.3 Å². The summed E-state index contributed by atoms with van der Waals surface area (Å²) in [6.45, 7) is 2.03. The molecule has 0 fully saturated rings. The summed E-state index contributed by atoms with van der Waals surface area (Å²) >= 11 is 3.41. The number of ketones is 1. The van der Waals surface area contributed by atoms with Crippen LogP contribution < -0.4 is 5.43 Å². The Bertz CT molecular complexity index is 865. The number of nitrogens with zero attached hydrogens (tertiary/aromatic N) is 1. The van der Waals surface area contributed by atoms with Crippen LogP contribution in [0.25, 0.3) is 0 Å². The van der Waals surface area contributed by atoms with Crippen LogP contribution in [0.4, 0.5) is 0 Å². The summed E-state index contributed by atoms with van der Waals surface area (Å²) in [5, 5.41) is 4.27. The van der Waals surface area contributed by atoms with Crippen LogP contribution in [-0.4, -0.2) is 30.1 Å². The predicted molar refractivity (Wildman–Crippen MR) is 108 cm³/mol. The lowest BCUT2D eigenvalue weighted by atomic mass is 9.87. The molecule has 1 aliphatic carbocycles. The van der Waals surface area contributed by atoms with E-state index in [0.29, 0.717) is 18.4 Å². The van der Waals surface area contributed by atoms with Crippen molar-refractivity contribution in [2.24, 2.45) is 5.10 Å². The van der Waals surface area contributed by atoms with E-state index in [-0.39, 0.29) is 18.1 Å². The fourth-order valence-electron chi connectivity index (χ4n) is 3.05. The van der Waals surface area contributed by atoms with Crippen molar-refractivity contribution in [3.63, 3.8) is 0 Å². The van der Waals surface area contributed by atoms with E-state index in [1.807, 2.05) is 48.5 Å². The van der Waals surface area contributed by atoms with Crippen LogP contribution >= 0.6 is 15.9 Å². The number of carbonyl (C=O) groups is 2. The standard InChI is InChI=1S/C21H21BrN2O3/c1-2-27-21(26)19(12-14-6-4-3-5-7-14)24-23-18-11-9-15-8-10-16(22)13-17(15)20(18)25/h3-8,10,13,18,23H,2,9,11-12H2,1H3/b24-19-/t18-/m1/s1. The van der Waals surface area contributed by atoms with Gasteiger partial charge in [0.25, 0.3) is 0 Å². The third kappa shape index (κ3) is 4.83. The average molecular weight is 429 g/mol. The smallest absolute Gasteiger partial charge is 0.354 e. The van der Waals surface area contributed by atoms with Crippen LogP contribution in [0, 0.1) is 0 Å². The number of halogens is 1. The second-order valence-electron chi connectivity index (χ2n) is 6.33. The number of hydrogen-bond acceptors (Lipinski definition) is 5. The van der Waals surface area contributed by atoms with Gasteiger partial charge in [0, 0.05) is 16.5 Å². The van der Waals surface area contributed by atoms with E-state index >= 15 is 0 Å². The van der Waals surface area contributed by atoms with E-state index in [9.17, 15) is 9.59 Å². The quantitative estimate of drug-likeness (QED) is 0.432. The lowest BCUT2D eigenvalue weighted by Crippen LogP contribution is -2.39. The van der Waals surface area contributed by atoms with Crippen LogP contribution in [0.15, 0.2) is 58.1 Å². The topological polar surface area (TPSA) is 67.8 Å². The van der Waals surface area contributed by atoms with Gasteiger partial charge in [0.2, 0.25) is 0 Å². The second-order valence-corrected chi connectivity index (χ2v) is 7.24. The van der Waals surface area contributed by atoms with Gasteiger partial charge in [-0.2, -0.15) is 5.10 Å². The van der Waals surface area contributed by atoms with E-state index in [1.54, 1.807) is 6.92 Å². The van der Waals surface area contributed by atoms with Gasteiger partial charge in [-0.1, -0.05) is 52.3 Å². The lowest BCUT2D eigenvalue weighted by molar-refractivity contribution is -0.135. The maximum absolute atomic E-state index is 12.8. The van der Waals surface area contributed by atoms with Crippen molar-refractivity contribution >= 4 is 33.4 Å². The minimum Gasteiger partial charge on any atom is -0.461 e. The molecule has 0 saturated heterocycles. The molecule has 5 nitrogen and oxygen atoms in total. The van der Waals surface area contributed by atoms with Crippen molar-refractivity contribution in [1.29, 1.82) is 0 Å². The molecule has 0 amide bonds. The maximum Gasteiger partial charge on any atom is 0.354 e. The van der Waals surface area contributed by atoms with Crippen molar-refractivity contribution in [2.75, 3.05) is 6.61 Å². The van der Waals surface area contributed by atoms with E-state index in [4.69, 9.17) is 4.74 Å². The van der Waals surface area contributed by atoms with E-state index in [2.05, 4.69) is 26.5 Å². The molecular weight excluding hydrogens is 408 g/mol. The van der Waals surface area contributed by atoms with Crippen LogP contribution in [0.1, 0.15) is 34.8 Å². The summed E-state index contributed by atoms with van der Waals surface area (Å²) in [4.78, 5) is 25.0. The first kappa shape index (κ1) is 19.3. The zero-order valence-corrected chi connectivity index (χ0v) is 16.7. The van der Waals surface area contributed by atoms with Gasteiger partial charge < -0.3 is 4.74 Å². The van der Waals surface area contributed by atoms with Gasteiger partial charge in [0.05, 0.1) is 6.61 Å². The SMILES string of the molecule is CCOC(=O)/C(Cc1ccccc1)=N\N[C@@H]1CCc2ccc(Br)cc2C1=O. The number of aryl methyl sites for hydroxylation is 1. The molecule has 3 rings (SSSR count). The number of rotatable bonds is 6. The lowest BCUT2D eigenvalue weighted by Gasteiger charge is -2.23. The Hall–Kier alpha value is -2.47. The van der Waals surface area contributed by atoms with Crippen LogP contribution in [-0.2, 0) is 22.4 Å². The summed E-state index contributed by atoms with van der Waals surface area (Å²) in [6, 6.07) is 14.9. The number of Topliss-reactive ketones (excluding diaryl/α,β-unsaturated/α-hetero) is 1. The number of ether oxygens (including phenoxy) is 1. The van der Waals surface area contributed by atoms with Crippen molar-refractivity contribution in [3.8, 4) is 0 Å². The number of nitrogens with one attached hydrogen (secondary N) is 1. The highest BCUT2D eigenvalue weighted by Crippen LogP contribution is 2.25. The second kappa shape index (κ2) is 8.95. The monoisotopic (exact) mass is 428 g/mol. The van der Waals surface area contributed by atoms with E-state index in [0.717, 1.165) is 22.0 Å². The van der Waals surface area contributed by atoms with Crippen LogP contribution in [0.3, 0.4) is 0 Å². The Labute approximate surface area is 166 Å². The molecule has 0 radical (unpaired) electrons.